The van der Waals surface area contributed by atoms with Gasteiger partial charge >= 0.3 is 0 Å². The Kier molecular flexibility index (Phi) is 9.44. The molecule has 1 fully saturated rings. The number of hydrogen-bond donors (Lipinski definition) is 4. The number of aromatic nitrogens is 1. The summed E-state index contributed by atoms with van der Waals surface area (Å²) >= 11 is 1.14. The smallest absolute Gasteiger partial charge is 0.286 e. The van der Waals surface area contributed by atoms with Gasteiger partial charge in [-0.25, -0.2) is 18.9 Å². The van der Waals surface area contributed by atoms with E-state index in [1.807, 2.05) is 34.1 Å². The molecule has 4 rings (SSSR count). The minimum atomic E-state index is -3.68. The lowest BCUT2D eigenvalue weighted by Crippen LogP contribution is -2.48. The second-order valence-corrected chi connectivity index (χ2v) is 11.7. The number of rotatable bonds is 11. The van der Waals surface area contributed by atoms with E-state index >= 15 is 0 Å². The Morgan fingerprint density at radius 3 is 2.32 bits per heavy atom. The largest absolute Gasteiger partial charge is 0.395 e. The van der Waals surface area contributed by atoms with E-state index in [4.69, 9.17) is 5.21 Å². The van der Waals surface area contributed by atoms with Crippen LogP contribution in [0.5, 0.6) is 0 Å². The third kappa shape index (κ3) is 6.56. The predicted octanol–water partition coefficient (Wildman–Crippen LogP) is 1.23. The quantitative estimate of drug-likeness (QED) is 0.200. The summed E-state index contributed by atoms with van der Waals surface area (Å²) in [5.74, 6) is -0.629. The molecule has 0 spiro atoms. The summed E-state index contributed by atoms with van der Waals surface area (Å²) in [6.07, 6.45) is 1.38. The number of hydrogen-bond acceptors (Lipinski definition) is 10. The van der Waals surface area contributed by atoms with Crippen LogP contribution in [-0.4, -0.2) is 96.4 Å². The number of anilines is 1. The minimum absolute atomic E-state index is 0.0138. The molecule has 0 bridgehead atoms. The van der Waals surface area contributed by atoms with Crippen LogP contribution in [0.1, 0.15) is 15.2 Å². The fourth-order valence-corrected chi connectivity index (χ4v) is 6.60. The Labute approximate surface area is 225 Å². The van der Waals surface area contributed by atoms with Crippen molar-refractivity contribution in [2.45, 2.75) is 11.4 Å². The van der Waals surface area contributed by atoms with Crippen molar-refractivity contribution in [2.24, 2.45) is 0 Å². The average Bonchev–Trinajstić information content (AvgIpc) is 3.44. The number of carbonyl (C=O) groups is 1. The Morgan fingerprint density at radius 1 is 1.00 bits per heavy atom. The van der Waals surface area contributed by atoms with E-state index in [0.29, 0.717) is 37.9 Å². The van der Waals surface area contributed by atoms with Gasteiger partial charge in [0.05, 0.1) is 24.3 Å². The van der Waals surface area contributed by atoms with Crippen LogP contribution in [0.25, 0.3) is 11.1 Å². The van der Waals surface area contributed by atoms with Crippen LogP contribution in [-0.2, 0) is 16.6 Å². The van der Waals surface area contributed by atoms with Crippen LogP contribution in [0.15, 0.2) is 59.6 Å². The zero-order valence-corrected chi connectivity index (χ0v) is 22.4. The van der Waals surface area contributed by atoms with E-state index in [1.54, 1.807) is 29.7 Å². The number of thiazole rings is 1. The molecule has 0 atom stereocenters. The van der Waals surface area contributed by atoms with Crippen LogP contribution in [0.4, 0.5) is 5.13 Å². The molecular weight excluding hydrogens is 530 g/mol. The molecule has 4 N–H and O–H groups in total. The molecule has 0 saturated carbocycles. The second kappa shape index (κ2) is 12.8. The first-order chi connectivity index (χ1) is 18.3. The number of nitrogens with one attached hydrogen (secondary N) is 1. The zero-order valence-electron chi connectivity index (χ0n) is 20.7. The molecule has 3 aromatic rings. The standard InChI is InChI=1S/C25H31N5O6S2/c31-14-12-28(13-15-32)18-19-2-1-3-21(16-19)20-4-6-22(7-5-20)38(35,36)30-10-8-29(9-11-30)25-26-17-23(37-25)24(33)27-34/h1-7,16-17,31-32,34H,8-15,18H2,(H,27,33). The van der Waals surface area contributed by atoms with Gasteiger partial charge in [-0.2, -0.15) is 4.31 Å². The van der Waals surface area contributed by atoms with E-state index in [1.165, 1.54) is 10.5 Å². The van der Waals surface area contributed by atoms with Crippen LogP contribution < -0.4 is 10.4 Å². The summed E-state index contributed by atoms with van der Waals surface area (Å²) in [5.41, 5.74) is 4.45. The number of aliphatic hydroxyl groups is 2. The molecule has 0 aliphatic carbocycles. The highest BCUT2D eigenvalue weighted by Crippen LogP contribution is 2.27. The van der Waals surface area contributed by atoms with E-state index in [0.717, 1.165) is 28.0 Å². The van der Waals surface area contributed by atoms with Crippen molar-refractivity contribution in [3.8, 4) is 11.1 Å². The fraction of sp³-hybridized carbons (Fsp3) is 0.360. The maximum atomic E-state index is 13.3. The zero-order chi connectivity index (χ0) is 27.1. The van der Waals surface area contributed by atoms with Gasteiger partial charge in [-0.05, 0) is 34.9 Å². The molecule has 38 heavy (non-hydrogen) atoms. The first-order valence-corrected chi connectivity index (χ1v) is 14.4. The van der Waals surface area contributed by atoms with E-state index < -0.39 is 15.9 Å². The fourth-order valence-electron chi connectivity index (χ4n) is 4.32. The lowest BCUT2D eigenvalue weighted by molar-refractivity contribution is 0.0710. The lowest BCUT2D eigenvalue weighted by Gasteiger charge is -2.33. The Bertz CT molecular complexity index is 1320. The van der Waals surface area contributed by atoms with Crippen LogP contribution in [0.2, 0.25) is 0 Å². The van der Waals surface area contributed by atoms with E-state index in [-0.39, 0.29) is 36.1 Å². The number of nitrogens with zero attached hydrogens (tertiary/aromatic N) is 4. The Balaban J connectivity index is 1.41. The monoisotopic (exact) mass is 561 g/mol. The van der Waals surface area contributed by atoms with Crippen molar-refractivity contribution in [3.63, 3.8) is 0 Å². The normalized spacial score (nSPS) is 14.7. The van der Waals surface area contributed by atoms with Gasteiger partial charge in [0.1, 0.15) is 4.88 Å². The second-order valence-electron chi connectivity index (χ2n) is 8.79. The molecular formula is C25H31N5O6S2. The Morgan fingerprint density at radius 2 is 1.68 bits per heavy atom. The first kappa shape index (κ1) is 28.1. The molecule has 1 aliphatic heterocycles. The molecule has 1 saturated heterocycles. The predicted molar refractivity (Wildman–Crippen MR) is 144 cm³/mol. The molecule has 11 nitrogen and oxygen atoms in total. The maximum Gasteiger partial charge on any atom is 0.286 e. The van der Waals surface area contributed by atoms with Gasteiger partial charge in [0.15, 0.2) is 5.13 Å². The maximum absolute atomic E-state index is 13.3. The summed E-state index contributed by atoms with van der Waals surface area (Å²) in [7, 11) is -3.68. The van der Waals surface area contributed by atoms with Crippen LogP contribution >= 0.6 is 11.3 Å². The summed E-state index contributed by atoms with van der Waals surface area (Å²) < 4.78 is 28.0. The summed E-state index contributed by atoms with van der Waals surface area (Å²) in [6, 6.07) is 14.7. The third-order valence-corrected chi connectivity index (χ3v) is 9.29. The van der Waals surface area contributed by atoms with Crippen molar-refractivity contribution in [3.05, 3.63) is 65.2 Å². The van der Waals surface area contributed by atoms with Gasteiger partial charge in [-0.15, -0.1) is 0 Å². The van der Waals surface area contributed by atoms with Crippen LogP contribution in [0, 0.1) is 0 Å². The molecule has 0 unspecified atom stereocenters. The van der Waals surface area contributed by atoms with Gasteiger partial charge < -0.3 is 15.1 Å². The Hall–Kier alpha value is -2.91. The van der Waals surface area contributed by atoms with Crippen LogP contribution in [0.3, 0.4) is 0 Å². The summed E-state index contributed by atoms with van der Waals surface area (Å²) in [6.45, 7) is 2.98. The molecule has 0 radical (unpaired) electrons. The number of carbonyl (C=O) groups excluding carboxylic acids is 1. The number of hydroxylamine groups is 1. The number of amides is 1. The summed E-state index contributed by atoms with van der Waals surface area (Å²) in [5, 5.41) is 27.9. The van der Waals surface area contributed by atoms with Crippen molar-refractivity contribution in [1.29, 1.82) is 0 Å². The average molecular weight is 562 g/mol. The minimum Gasteiger partial charge on any atom is -0.395 e. The van der Waals surface area contributed by atoms with Gasteiger partial charge in [-0.3, -0.25) is 14.9 Å². The van der Waals surface area contributed by atoms with Gasteiger partial charge in [0.25, 0.3) is 5.91 Å². The number of benzene rings is 2. The number of piperazine rings is 1. The van der Waals surface area contributed by atoms with Crippen molar-refractivity contribution in [2.75, 3.05) is 57.4 Å². The molecule has 204 valence electrons. The van der Waals surface area contributed by atoms with Gasteiger partial charge in [0, 0.05) is 45.8 Å². The topological polar surface area (TPSA) is 147 Å². The van der Waals surface area contributed by atoms with Crippen molar-refractivity contribution in [1.82, 2.24) is 19.7 Å². The number of aliphatic hydroxyl groups excluding tert-OH is 2. The molecule has 2 aromatic carbocycles. The number of sulfonamides is 1. The van der Waals surface area contributed by atoms with E-state index in [2.05, 4.69) is 4.98 Å². The van der Waals surface area contributed by atoms with Crippen molar-refractivity contribution < 1.29 is 28.6 Å². The summed E-state index contributed by atoms with van der Waals surface area (Å²) in [4.78, 5) is 20.2. The first-order valence-electron chi connectivity index (χ1n) is 12.1. The highest BCUT2D eigenvalue weighted by atomic mass is 32.2. The third-order valence-electron chi connectivity index (χ3n) is 6.32. The SMILES string of the molecule is O=C(NO)c1cnc(N2CCN(S(=O)(=O)c3ccc(-c4cccc(CN(CCO)CCO)c4)cc3)CC2)s1. The van der Waals surface area contributed by atoms with Gasteiger partial charge in [-0.1, -0.05) is 41.7 Å². The highest BCUT2D eigenvalue weighted by Gasteiger charge is 2.29. The highest BCUT2D eigenvalue weighted by molar-refractivity contribution is 7.89. The molecule has 2 heterocycles. The molecule has 1 aliphatic rings. The van der Waals surface area contributed by atoms with Gasteiger partial charge in [0.2, 0.25) is 10.0 Å². The van der Waals surface area contributed by atoms with E-state index in [9.17, 15) is 23.4 Å². The lowest BCUT2D eigenvalue weighted by atomic mass is 10.0. The van der Waals surface area contributed by atoms with Crippen molar-refractivity contribution >= 4 is 32.4 Å². The molecule has 1 aromatic heterocycles. The molecule has 1 amide bonds. The molecule has 13 heteroatoms.